The molecular formula is C17H25N3O4. The fraction of sp³-hybridized carbons (Fsp3) is 0.706. The summed E-state index contributed by atoms with van der Waals surface area (Å²) in [5.41, 5.74) is 0.345. The van der Waals surface area contributed by atoms with Crippen LogP contribution in [0.1, 0.15) is 55.3 Å². The number of hydrogen-bond acceptors (Lipinski definition) is 5. The molecule has 2 saturated heterocycles. The van der Waals surface area contributed by atoms with Gasteiger partial charge in [-0.2, -0.15) is 0 Å². The van der Waals surface area contributed by atoms with Gasteiger partial charge in [-0.05, 0) is 19.3 Å². The Morgan fingerprint density at radius 1 is 1.17 bits per heavy atom. The Kier molecular flexibility index (Phi) is 5.18. The molecule has 2 fully saturated rings. The molecule has 3 rings (SSSR count). The van der Waals surface area contributed by atoms with E-state index in [2.05, 4.69) is 5.16 Å². The third kappa shape index (κ3) is 3.61. The van der Waals surface area contributed by atoms with Crippen LogP contribution < -0.4 is 0 Å². The summed E-state index contributed by atoms with van der Waals surface area (Å²) < 4.78 is 10.7. The number of carbonyl (C=O) groups excluding carboxylic acids is 2. The van der Waals surface area contributed by atoms with Crippen LogP contribution in [0.2, 0.25) is 0 Å². The van der Waals surface area contributed by atoms with E-state index in [0.717, 1.165) is 19.3 Å². The van der Waals surface area contributed by atoms with Crippen LogP contribution in [0.15, 0.2) is 10.6 Å². The quantitative estimate of drug-likeness (QED) is 0.839. The topological polar surface area (TPSA) is 75.9 Å². The van der Waals surface area contributed by atoms with Crippen LogP contribution >= 0.6 is 0 Å². The summed E-state index contributed by atoms with van der Waals surface area (Å²) in [5, 5.41) is 3.89. The molecule has 1 atom stereocenters. The Balaban J connectivity index is 1.60. The van der Waals surface area contributed by atoms with E-state index in [0.29, 0.717) is 44.2 Å². The van der Waals surface area contributed by atoms with E-state index in [9.17, 15) is 9.59 Å². The van der Waals surface area contributed by atoms with Crippen molar-refractivity contribution in [1.29, 1.82) is 0 Å². The summed E-state index contributed by atoms with van der Waals surface area (Å²) in [5.74, 6) is 0.841. The third-order valence-corrected chi connectivity index (χ3v) is 4.62. The van der Waals surface area contributed by atoms with E-state index in [-0.39, 0.29) is 23.8 Å². The van der Waals surface area contributed by atoms with Crippen molar-refractivity contribution in [2.75, 3.05) is 32.8 Å². The molecular weight excluding hydrogens is 310 g/mol. The predicted molar refractivity (Wildman–Crippen MR) is 86.7 cm³/mol. The second-order valence-electron chi connectivity index (χ2n) is 6.74. The minimum absolute atomic E-state index is 0.0605. The van der Waals surface area contributed by atoms with Gasteiger partial charge in [-0.25, -0.2) is 0 Å². The van der Waals surface area contributed by atoms with Gasteiger partial charge in [0.15, 0.2) is 5.69 Å². The van der Waals surface area contributed by atoms with Crippen molar-refractivity contribution in [1.82, 2.24) is 15.0 Å². The minimum atomic E-state index is -0.295. The van der Waals surface area contributed by atoms with E-state index < -0.39 is 0 Å². The average molecular weight is 335 g/mol. The number of nitrogens with zero attached hydrogens (tertiary/aromatic N) is 3. The van der Waals surface area contributed by atoms with Crippen LogP contribution in [0.5, 0.6) is 0 Å². The maximum atomic E-state index is 12.6. The maximum Gasteiger partial charge on any atom is 0.276 e. The predicted octanol–water partition coefficient (Wildman–Crippen LogP) is 1.65. The monoisotopic (exact) mass is 335 g/mol. The summed E-state index contributed by atoms with van der Waals surface area (Å²) in [6.07, 6.45) is 2.21. The first-order valence-electron chi connectivity index (χ1n) is 8.72. The molecule has 132 valence electrons. The summed E-state index contributed by atoms with van der Waals surface area (Å²) >= 11 is 0. The first-order chi connectivity index (χ1) is 11.6. The molecule has 24 heavy (non-hydrogen) atoms. The van der Waals surface area contributed by atoms with Gasteiger partial charge >= 0.3 is 0 Å². The molecule has 0 aromatic carbocycles. The van der Waals surface area contributed by atoms with E-state index in [4.69, 9.17) is 9.26 Å². The third-order valence-electron chi connectivity index (χ3n) is 4.62. The Hall–Kier alpha value is -1.89. The average Bonchev–Trinajstić information content (AvgIpc) is 3.21. The van der Waals surface area contributed by atoms with Crippen molar-refractivity contribution in [3.63, 3.8) is 0 Å². The highest BCUT2D eigenvalue weighted by Crippen LogP contribution is 2.18. The van der Waals surface area contributed by atoms with E-state index in [1.165, 1.54) is 0 Å². The fourth-order valence-electron chi connectivity index (χ4n) is 3.14. The molecule has 1 aromatic heterocycles. The number of amides is 2. The van der Waals surface area contributed by atoms with Crippen LogP contribution in [0.25, 0.3) is 0 Å². The van der Waals surface area contributed by atoms with Crippen molar-refractivity contribution in [3.8, 4) is 0 Å². The van der Waals surface area contributed by atoms with Gasteiger partial charge < -0.3 is 19.1 Å². The zero-order valence-electron chi connectivity index (χ0n) is 14.4. The number of ether oxygens (including phenoxy) is 1. The van der Waals surface area contributed by atoms with Crippen LogP contribution in [0.3, 0.4) is 0 Å². The summed E-state index contributed by atoms with van der Waals surface area (Å²) in [6, 6.07) is 1.72. The number of hydrogen-bond donors (Lipinski definition) is 0. The van der Waals surface area contributed by atoms with Gasteiger partial charge in [-0.3, -0.25) is 9.59 Å². The molecule has 0 N–H and O–H groups in total. The Labute approximate surface area is 141 Å². The van der Waals surface area contributed by atoms with Gasteiger partial charge in [0.25, 0.3) is 11.8 Å². The summed E-state index contributed by atoms with van der Waals surface area (Å²) in [4.78, 5) is 28.6. The summed E-state index contributed by atoms with van der Waals surface area (Å²) in [6.45, 7) is 7.00. The van der Waals surface area contributed by atoms with Crippen molar-refractivity contribution < 1.29 is 18.8 Å². The van der Waals surface area contributed by atoms with Gasteiger partial charge in [0.05, 0.1) is 0 Å². The highest BCUT2D eigenvalue weighted by atomic mass is 16.5. The molecule has 0 saturated carbocycles. The lowest BCUT2D eigenvalue weighted by molar-refractivity contribution is -0.140. The molecule has 0 aliphatic carbocycles. The number of aromatic nitrogens is 1. The number of carbonyl (C=O) groups is 2. The SMILES string of the molecule is CC(C)c1cc(C(=O)N2CCCN(C(=O)[C@H]3CCCO3)CC2)no1. The minimum Gasteiger partial charge on any atom is -0.368 e. The van der Waals surface area contributed by atoms with Gasteiger partial charge in [0, 0.05) is 44.8 Å². The number of rotatable bonds is 3. The lowest BCUT2D eigenvalue weighted by Crippen LogP contribution is -2.41. The van der Waals surface area contributed by atoms with Crippen molar-refractivity contribution in [2.24, 2.45) is 0 Å². The molecule has 0 unspecified atom stereocenters. The molecule has 0 radical (unpaired) electrons. The summed E-state index contributed by atoms with van der Waals surface area (Å²) in [7, 11) is 0. The Morgan fingerprint density at radius 3 is 2.58 bits per heavy atom. The zero-order valence-corrected chi connectivity index (χ0v) is 14.4. The van der Waals surface area contributed by atoms with E-state index in [1.54, 1.807) is 11.0 Å². The molecule has 7 heteroatoms. The van der Waals surface area contributed by atoms with E-state index >= 15 is 0 Å². The normalized spacial score (nSPS) is 22.0. The highest BCUT2D eigenvalue weighted by molar-refractivity contribution is 5.92. The van der Waals surface area contributed by atoms with Crippen LogP contribution in [0, 0.1) is 0 Å². The smallest absolute Gasteiger partial charge is 0.276 e. The van der Waals surface area contributed by atoms with Crippen LogP contribution in [-0.2, 0) is 9.53 Å². The molecule has 1 aromatic rings. The fourth-order valence-corrected chi connectivity index (χ4v) is 3.14. The van der Waals surface area contributed by atoms with Gasteiger partial charge in [-0.15, -0.1) is 0 Å². The molecule has 0 bridgehead atoms. The lowest BCUT2D eigenvalue weighted by Gasteiger charge is -2.24. The molecule has 0 spiro atoms. The van der Waals surface area contributed by atoms with Crippen molar-refractivity contribution in [3.05, 3.63) is 17.5 Å². The highest BCUT2D eigenvalue weighted by Gasteiger charge is 2.30. The van der Waals surface area contributed by atoms with Gasteiger partial charge in [-0.1, -0.05) is 19.0 Å². The second-order valence-corrected chi connectivity index (χ2v) is 6.74. The van der Waals surface area contributed by atoms with Crippen molar-refractivity contribution >= 4 is 11.8 Å². The Morgan fingerprint density at radius 2 is 1.92 bits per heavy atom. The van der Waals surface area contributed by atoms with Crippen LogP contribution in [0.4, 0.5) is 0 Å². The zero-order chi connectivity index (χ0) is 17.1. The largest absolute Gasteiger partial charge is 0.368 e. The maximum absolute atomic E-state index is 12.6. The van der Waals surface area contributed by atoms with Gasteiger partial charge in [0.1, 0.15) is 11.9 Å². The molecule has 7 nitrogen and oxygen atoms in total. The van der Waals surface area contributed by atoms with Crippen molar-refractivity contribution in [2.45, 2.75) is 45.1 Å². The molecule has 3 heterocycles. The molecule has 2 aliphatic rings. The first-order valence-corrected chi connectivity index (χ1v) is 8.72. The standard InChI is InChI=1S/C17H25N3O4/c1-12(2)15-11-13(18-24-15)16(21)19-6-4-7-20(9-8-19)17(22)14-5-3-10-23-14/h11-12,14H,3-10H2,1-2H3/t14-/m1/s1. The van der Waals surface area contributed by atoms with Crippen LogP contribution in [-0.4, -0.2) is 65.7 Å². The van der Waals surface area contributed by atoms with E-state index in [1.807, 2.05) is 18.7 Å². The Bertz CT molecular complexity index is 592. The lowest BCUT2D eigenvalue weighted by atomic mass is 10.1. The second kappa shape index (κ2) is 7.34. The molecule has 2 aliphatic heterocycles. The molecule has 2 amide bonds. The van der Waals surface area contributed by atoms with Gasteiger partial charge in [0.2, 0.25) is 0 Å². The first kappa shape index (κ1) is 17.0.